The molecule has 140 valence electrons. The summed E-state index contributed by atoms with van der Waals surface area (Å²) in [7, 11) is -3.99. The molecule has 0 atom stereocenters. The molecule has 3 N–H and O–H groups in total. The molecule has 0 fully saturated rings. The SMILES string of the molecule is CC(=O)Nc1ccc(S(=O)(=O)NNC(=O)c2oc3ccccc3c2C)cc1. The van der Waals surface area contributed by atoms with E-state index in [1.807, 2.05) is 17.0 Å². The molecule has 9 heteroatoms. The largest absolute Gasteiger partial charge is 0.451 e. The first kappa shape index (κ1) is 18.6. The molecule has 8 nitrogen and oxygen atoms in total. The van der Waals surface area contributed by atoms with Gasteiger partial charge in [0.05, 0.1) is 4.90 Å². The highest BCUT2D eigenvalue weighted by Crippen LogP contribution is 2.24. The lowest BCUT2D eigenvalue weighted by Crippen LogP contribution is -2.41. The number of fused-ring (bicyclic) bond motifs is 1. The number of rotatable bonds is 5. The second kappa shape index (κ2) is 7.22. The van der Waals surface area contributed by atoms with E-state index in [-0.39, 0.29) is 16.6 Å². The van der Waals surface area contributed by atoms with E-state index in [0.29, 0.717) is 16.8 Å². The van der Waals surface area contributed by atoms with E-state index < -0.39 is 15.9 Å². The van der Waals surface area contributed by atoms with Crippen molar-refractivity contribution in [2.75, 3.05) is 5.32 Å². The van der Waals surface area contributed by atoms with Crippen molar-refractivity contribution in [3.63, 3.8) is 0 Å². The van der Waals surface area contributed by atoms with Crippen LogP contribution in [0.15, 0.2) is 57.8 Å². The normalized spacial score (nSPS) is 11.3. The summed E-state index contributed by atoms with van der Waals surface area (Å²) >= 11 is 0. The Morgan fingerprint density at radius 2 is 1.67 bits per heavy atom. The van der Waals surface area contributed by atoms with Crippen LogP contribution in [0.2, 0.25) is 0 Å². The molecule has 0 bridgehead atoms. The molecule has 3 aromatic rings. The number of hydrogen-bond acceptors (Lipinski definition) is 5. The maximum absolute atomic E-state index is 12.3. The van der Waals surface area contributed by atoms with Crippen molar-refractivity contribution in [2.45, 2.75) is 18.7 Å². The Labute approximate surface area is 155 Å². The summed E-state index contributed by atoms with van der Waals surface area (Å²) < 4.78 is 30.1. The number of amides is 2. The Balaban J connectivity index is 1.73. The van der Waals surface area contributed by atoms with Gasteiger partial charge in [0.1, 0.15) is 5.58 Å². The highest BCUT2D eigenvalue weighted by Gasteiger charge is 2.20. The number of para-hydroxylation sites is 1. The topological polar surface area (TPSA) is 118 Å². The summed E-state index contributed by atoms with van der Waals surface area (Å²) in [5.74, 6) is -0.945. The lowest BCUT2D eigenvalue weighted by molar-refractivity contribution is -0.114. The number of furan rings is 1. The number of hydrogen-bond donors (Lipinski definition) is 3. The molecule has 2 amide bonds. The van der Waals surface area contributed by atoms with Gasteiger partial charge in [-0.15, -0.1) is 4.83 Å². The van der Waals surface area contributed by atoms with E-state index in [2.05, 4.69) is 10.7 Å². The molecule has 2 aromatic carbocycles. The smallest absolute Gasteiger partial charge is 0.302 e. The lowest BCUT2D eigenvalue weighted by atomic mass is 10.1. The minimum absolute atomic E-state index is 0.0277. The monoisotopic (exact) mass is 387 g/mol. The maximum Gasteiger partial charge on any atom is 0.302 e. The Bertz CT molecular complexity index is 1120. The summed E-state index contributed by atoms with van der Waals surface area (Å²) in [6.07, 6.45) is 0. The summed E-state index contributed by atoms with van der Waals surface area (Å²) in [6.45, 7) is 3.07. The van der Waals surface area contributed by atoms with Crippen molar-refractivity contribution in [3.8, 4) is 0 Å². The third kappa shape index (κ3) is 3.99. The molecule has 0 spiro atoms. The van der Waals surface area contributed by atoms with Gasteiger partial charge in [0.2, 0.25) is 5.91 Å². The number of carbonyl (C=O) groups excluding carboxylic acids is 2. The van der Waals surface area contributed by atoms with Crippen LogP contribution in [-0.2, 0) is 14.8 Å². The van der Waals surface area contributed by atoms with Gasteiger partial charge < -0.3 is 9.73 Å². The molecule has 1 aromatic heterocycles. The fraction of sp³-hybridized carbons (Fsp3) is 0.111. The van der Waals surface area contributed by atoms with Gasteiger partial charge in [0, 0.05) is 23.6 Å². The van der Waals surface area contributed by atoms with Crippen LogP contribution in [0, 0.1) is 6.92 Å². The van der Waals surface area contributed by atoms with E-state index >= 15 is 0 Å². The molecule has 27 heavy (non-hydrogen) atoms. The summed E-state index contributed by atoms with van der Waals surface area (Å²) in [4.78, 5) is 25.3. The number of hydrazine groups is 1. The molecule has 0 radical (unpaired) electrons. The van der Waals surface area contributed by atoms with Crippen LogP contribution in [0.3, 0.4) is 0 Å². The highest BCUT2D eigenvalue weighted by molar-refractivity contribution is 7.89. The number of anilines is 1. The fourth-order valence-corrected chi connectivity index (χ4v) is 3.38. The molecule has 3 rings (SSSR count). The predicted octanol–water partition coefficient (Wildman–Crippen LogP) is 2.32. The van der Waals surface area contributed by atoms with Crippen molar-refractivity contribution in [3.05, 3.63) is 59.9 Å². The molecule has 0 saturated carbocycles. The quantitative estimate of drug-likeness (QED) is 0.581. The molecular weight excluding hydrogens is 370 g/mol. The zero-order valence-corrected chi connectivity index (χ0v) is 15.4. The number of carbonyl (C=O) groups is 2. The van der Waals surface area contributed by atoms with Crippen molar-refractivity contribution in [2.24, 2.45) is 0 Å². The van der Waals surface area contributed by atoms with Gasteiger partial charge in [-0.05, 0) is 37.3 Å². The van der Waals surface area contributed by atoms with Gasteiger partial charge in [-0.3, -0.25) is 15.0 Å². The molecule has 0 unspecified atom stereocenters. The van der Waals surface area contributed by atoms with Crippen LogP contribution in [0.4, 0.5) is 5.69 Å². The van der Waals surface area contributed by atoms with Crippen molar-refractivity contribution in [1.82, 2.24) is 10.3 Å². The second-order valence-corrected chi connectivity index (χ2v) is 7.50. The number of benzene rings is 2. The minimum atomic E-state index is -3.99. The molecular formula is C18H17N3O5S. The van der Waals surface area contributed by atoms with Crippen molar-refractivity contribution in [1.29, 1.82) is 0 Å². The van der Waals surface area contributed by atoms with Crippen LogP contribution >= 0.6 is 0 Å². The first-order chi connectivity index (χ1) is 12.8. The summed E-state index contributed by atoms with van der Waals surface area (Å²) in [5, 5.41) is 3.31. The van der Waals surface area contributed by atoms with Crippen LogP contribution in [0.1, 0.15) is 23.0 Å². The number of nitrogens with one attached hydrogen (secondary N) is 3. The van der Waals surface area contributed by atoms with Gasteiger partial charge in [-0.25, -0.2) is 8.42 Å². The predicted molar refractivity (Wildman–Crippen MR) is 99.5 cm³/mol. The van der Waals surface area contributed by atoms with Crippen molar-refractivity contribution < 1.29 is 22.4 Å². The van der Waals surface area contributed by atoms with E-state index in [1.165, 1.54) is 31.2 Å². The molecule has 0 aliphatic heterocycles. The number of aryl methyl sites for hydroxylation is 1. The Morgan fingerprint density at radius 3 is 2.30 bits per heavy atom. The Hall–Kier alpha value is -3.17. The first-order valence-corrected chi connectivity index (χ1v) is 9.44. The van der Waals surface area contributed by atoms with Gasteiger partial charge >= 0.3 is 5.91 Å². The van der Waals surface area contributed by atoms with E-state index in [4.69, 9.17) is 4.42 Å². The maximum atomic E-state index is 12.3. The van der Waals surface area contributed by atoms with Gasteiger partial charge in [0.25, 0.3) is 10.0 Å². The van der Waals surface area contributed by atoms with Gasteiger partial charge in [-0.1, -0.05) is 18.2 Å². The molecule has 0 aliphatic carbocycles. The van der Waals surface area contributed by atoms with Crippen LogP contribution < -0.4 is 15.6 Å². The summed E-state index contributed by atoms with van der Waals surface area (Å²) in [6, 6.07) is 12.6. The third-order valence-corrected chi connectivity index (χ3v) is 5.10. The molecule has 0 aliphatic rings. The molecule has 1 heterocycles. The third-order valence-electron chi connectivity index (χ3n) is 3.83. The van der Waals surface area contributed by atoms with Crippen LogP contribution in [0.5, 0.6) is 0 Å². The second-order valence-electron chi connectivity index (χ2n) is 5.82. The van der Waals surface area contributed by atoms with Crippen LogP contribution in [-0.4, -0.2) is 20.2 Å². The van der Waals surface area contributed by atoms with E-state index in [0.717, 1.165) is 5.39 Å². The molecule has 0 saturated heterocycles. The first-order valence-electron chi connectivity index (χ1n) is 7.96. The van der Waals surface area contributed by atoms with Gasteiger partial charge in [-0.2, -0.15) is 0 Å². The van der Waals surface area contributed by atoms with E-state index in [9.17, 15) is 18.0 Å². The standard InChI is InChI=1S/C18H17N3O5S/c1-11-15-5-3-4-6-16(15)26-17(11)18(23)20-21-27(24,25)14-9-7-13(8-10-14)19-12(2)22/h3-10,21H,1-2H3,(H,19,22)(H,20,23). The Morgan fingerprint density at radius 1 is 1.00 bits per heavy atom. The minimum Gasteiger partial charge on any atom is -0.451 e. The lowest BCUT2D eigenvalue weighted by Gasteiger charge is -2.08. The van der Waals surface area contributed by atoms with Crippen molar-refractivity contribution >= 4 is 38.5 Å². The average molecular weight is 387 g/mol. The Kier molecular flexibility index (Phi) is 4.98. The average Bonchev–Trinajstić information content (AvgIpc) is 2.97. The fourth-order valence-electron chi connectivity index (χ4n) is 2.54. The number of sulfonamides is 1. The zero-order chi connectivity index (χ0) is 19.6. The zero-order valence-electron chi connectivity index (χ0n) is 14.6. The summed E-state index contributed by atoms with van der Waals surface area (Å²) in [5.41, 5.74) is 3.76. The van der Waals surface area contributed by atoms with Crippen LogP contribution in [0.25, 0.3) is 11.0 Å². The highest BCUT2D eigenvalue weighted by atomic mass is 32.2. The van der Waals surface area contributed by atoms with E-state index in [1.54, 1.807) is 19.1 Å². The van der Waals surface area contributed by atoms with Gasteiger partial charge in [0.15, 0.2) is 5.76 Å².